The SMILES string of the molecule is COc1cccc(CC(CN)c2ccc(N(C)C)cc2)c1. The summed E-state index contributed by atoms with van der Waals surface area (Å²) in [6, 6.07) is 16.8. The number of nitrogens with zero attached hydrogens (tertiary/aromatic N) is 1. The summed E-state index contributed by atoms with van der Waals surface area (Å²) < 4.78 is 5.28. The van der Waals surface area contributed by atoms with Crippen LogP contribution in [0.2, 0.25) is 0 Å². The Kier molecular flexibility index (Phi) is 5.23. The molecule has 21 heavy (non-hydrogen) atoms. The van der Waals surface area contributed by atoms with Gasteiger partial charge in [-0.1, -0.05) is 24.3 Å². The van der Waals surface area contributed by atoms with Gasteiger partial charge in [0.1, 0.15) is 5.75 Å². The van der Waals surface area contributed by atoms with E-state index in [4.69, 9.17) is 10.5 Å². The normalized spacial score (nSPS) is 12.0. The van der Waals surface area contributed by atoms with Gasteiger partial charge in [-0.15, -0.1) is 0 Å². The molecular weight excluding hydrogens is 260 g/mol. The Bertz CT molecular complexity index is 564. The van der Waals surface area contributed by atoms with Crippen molar-refractivity contribution >= 4 is 5.69 Å². The van der Waals surface area contributed by atoms with E-state index >= 15 is 0 Å². The topological polar surface area (TPSA) is 38.5 Å². The Labute approximate surface area is 127 Å². The zero-order valence-electron chi connectivity index (χ0n) is 13.0. The summed E-state index contributed by atoms with van der Waals surface area (Å²) in [6.45, 7) is 0.637. The molecule has 2 N–H and O–H groups in total. The third-order valence-corrected chi connectivity index (χ3v) is 3.78. The number of hydrogen-bond donors (Lipinski definition) is 1. The fourth-order valence-electron chi connectivity index (χ4n) is 2.47. The molecule has 1 atom stereocenters. The van der Waals surface area contributed by atoms with E-state index in [-0.39, 0.29) is 0 Å². The fraction of sp³-hybridized carbons (Fsp3) is 0.333. The maximum Gasteiger partial charge on any atom is 0.119 e. The van der Waals surface area contributed by atoms with Gasteiger partial charge in [0.15, 0.2) is 0 Å². The van der Waals surface area contributed by atoms with Crippen LogP contribution in [0.15, 0.2) is 48.5 Å². The second-order valence-electron chi connectivity index (χ2n) is 5.47. The highest BCUT2D eigenvalue weighted by Crippen LogP contribution is 2.24. The average Bonchev–Trinajstić information content (AvgIpc) is 2.53. The van der Waals surface area contributed by atoms with Gasteiger partial charge < -0.3 is 15.4 Å². The van der Waals surface area contributed by atoms with Gasteiger partial charge in [-0.25, -0.2) is 0 Å². The Morgan fingerprint density at radius 3 is 2.38 bits per heavy atom. The standard InChI is InChI=1S/C18H24N2O/c1-20(2)17-9-7-15(8-10-17)16(13-19)11-14-5-4-6-18(12-14)21-3/h4-10,12,16H,11,13,19H2,1-3H3. The summed E-state index contributed by atoms with van der Waals surface area (Å²) in [7, 11) is 5.79. The molecule has 112 valence electrons. The molecule has 0 aliphatic rings. The number of ether oxygens (including phenoxy) is 1. The van der Waals surface area contributed by atoms with Gasteiger partial charge >= 0.3 is 0 Å². The first-order valence-corrected chi connectivity index (χ1v) is 7.24. The molecule has 2 aromatic rings. The first kappa shape index (κ1) is 15.4. The van der Waals surface area contributed by atoms with Gasteiger partial charge in [-0.3, -0.25) is 0 Å². The van der Waals surface area contributed by atoms with Crippen LogP contribution < -0.4 is 15.4 Å². The lowest BCUT2D eigenvalue weighted by Crippen LogP contribution is -2.15. The van der Waals surface area contributed by atoms with E-state index in [1.54, 1.807) is 7.11 Å². The molecule has 0 aliphatic carbocycles. The third kappa shape index (κ3) is 3.99. The molecule has 0 aromatic heterocycles. The molecule has 0 saturated heterocycles. The molecule has 0 amide bonds. The van der Waals surface area contributed by atoms with Crippen molar-refractivity contribution in [1.29, 1.82) is 0 Å². The monoisotopic (exact) mass is 284 g/mol. The van der Waals surface area contributed by atoms with Gasteiger partial charge in [0, 0.05) is 25.7 Å². The Hall–Kier alpha value is -2.00. The van der Waals surface area contributed by atoms with Crippen LogP contribution in [0.25, 0.3) is 0 Å². The highest BCUT2D eigenvalue weighted by atomic mass is 16.5. The predicted molar refractivity (Wildman–Crippen MR) is 89.3 cm³/mol. The molecule has 0 heterocycles. The fourth-order valence-corrected chi connectivity index (χ4v) is 2.47. The van der Waals surface area contributed by atoms with E-state index in [0.29, 0.717) is 12.5 Å². The smallest absolute Gasteiger partial charge is 0.119 e. The third-order valence-electron chi connectivity index (χ3n) is 3.78. The Balaban J connectivity index is 2.15. The minimum absolute atomic E-state index is 0.327. The number of methoxy groups -OCH3 is 1. The van der Waals surface area contributed by atoms with Crippen molar-refractivity contribution in [3.63, 3.8) is 0 Å². The second-order valence-corrected chi connectivity index (χ2v) is 5.47. The average molecular weight is 284 g/mol. The Morgan fingerprint density at radius 2 is 1.81 bits per heavy atom. The molecule has 1 unspecified atom stereocenters. The van der Waals surface area contributed by atoms with E-state index < -0.39 is 0 Å². The second kappa shape index (κ2) is 7.14. The molecule has 0 aliphatic heterocycles. The molecule has 2 aromatic carbocycles. The van der Waals surface area contributed by atoms with Gasteiger partial charge in [0.25, 0.3) is 0 Å². The summed E-state index contributed by atoms with van der Waals surface area (Å²) in [5.41, 5.74) is 9.72. The van der Waals surface area contributed by atoms with E-state index in [1.807, 2.05) is 26.2 Å². The minimum Gasteiger partial charge on any atom is -0.497 e. The molecule has 0 radical (unpaired) electrons. The summed E-state index contributed by atoms with van der Waals surface area (Å²) in [4.78, 5) is 2.10. The van der Waals surface area contributed by atoms with Crippen LogP contribution in [0.4, 0.5) is 5.69 Å². The lowest BCUT2D eigenvalue weighted by molar-refractivity contribution is 0.414. The molecule has 3 heteroatoms. The number of anilines is 1. The lowest BCUT2D eigenvalue weighted by Gasteiger charge is -2.18. The van der Waals surface area contributed by atoms with Gasteiger partial charge in [-0.05, 0) is 48.4 Å². The number of nitrogens with two attached hydrogens (primary N) is 1. The molecular formula is C18H24N2O. The zero-order chi connectivity index (χ0) is 15.2. The molecule has 0 bridgehead atoms. The highest BCUT2D eigenvalue weighted by Gasteiger charge is 2.11. The van der Waals surface area contributed by atoms with Gasteiger partial charge in [0.05, 0.1) is 7.11 Å². The van der Waals surface area contributed by atoms with Gasteiger partial charge in [0.2, 0.25) is 0 Å². The maximum atomic E-state index is 5.98. The van der Waals surface area contributed by atoms with Crippen molar-refractivity contribution in [3.05, 3.63) is 59.7 Å². The summed E-state index contributed by atoms with van der Waals surface area (Å²) in [5.74, 6) is 1.22. The van der Waals surface area contributed by atoms with Crippen molar-refractivity contribution in [2.45, 2.75) is 12.3 Å². The lowest BCUT2D eigenvalue weighted by atomic mass is 9.92. The molecule has 0 saturated carbocycles. The van der Waals surface area contributed by atoms with Crippen LogP contribution >= 0.6 is 0 Å². The largest absolute Gasteiger partial charge is 0.497 e. The first-order valence-electron chi connectivity index (χ1n) is 7.24. The summed E-state index contributed by atoms with van der Waals surface area (Å²) in [5, 5.41) is 0. The van der Waals surface area contributed by atoms with E-state index in [1.165, 1.54) is 16.8 Å². The van der Waals surface area contributed by atoms with Crippen molar-refractivity contribution < 1.29 is 4.74 Å². The van der Waals surface area contributed by atoms with Crippen LogP contribution in [0.3, 0.4) is 0 Å². The van der Waals surface area contributed by atoms with Crippen LogP contribution in [0, 0.1) is 0 Å². The van der Waals surface area contributed by atoms with Crippen LogP contribution in [-0.2, 0) is 6.42 Å². The summed E-state index contributed by atoms with van der Waals surface area (Å²) >= 11 is 0. The number of hydrogen-bond acceptors (Lipinski definition) is 3. The first-order chi connectivity index (χ1) is 10.1. The van der Waals surface area contributed by atoms with Crippen LogP contribution in [0.5, 0.6) is 5.75 Å². The Morgan fingerprint density at radius 1 is 1.10 bits per heavy atom. The summed E-state index contributed by atoms with van der Waals surface area (Å²) in [6.07, 6.45) is 0.926. The number of rotatable bonds is 6. The zero-order valence-corrected chi connectivity index (χ0v) is 13.0. The molecule has 2 rings (SSSR count). The van der Waals surface area contributed by atoms with Crippen LogP contribution in [-0.4, -0.2) is 27.7 Å². The van der Waals surface area contributed by atoms with Gasteiger partial charge in [-0.2, -0.15) is 0 Å². The van der Waals surface area contributed by atoms with E-state index in [2.05, 4.69) is 41.3 Å². The molecule has 0 fully saturated rings. The quantitative estimate of drug-likeness (QED) is 0.886. The predicted octanol–water partition coefficient (Wildman–Crippen LogP) is 3.05. The van der Waals surface area contributed by atoms with Crippen molar-refractivity contribution in [1.82, 2.24) is 0 Å². The van der Waals surface area contributed by atoms with Crippen LogP contribution in [0.1, 0.15) is 17.0 Å². The maximum absolute atomic E-state index is 5.98. The van der Waals surface area contributed by atoms with Crippen molar-refractivity contribution in [2.75, 3.05) is 32.6 Å². The van der Waals surface area contributed by atoms with Crippen molar-refractivity contribution in [2.24, 2.45) is 5.73 Å². The minimum atomic E-state index is 0.327. The molecule has 0 spiro atoms. The number of benzene rings is 2. The van der Waals surface area contributed by atoms with E-state index in [0.717, 1.165) is 12.2 Å². The highest BCUT2D eigenvalue weighted by molar-refractivity contribution is 5.46. The molecule has 3 nitrogen and oxygen atoms in total. The van der Waals surface area contributed by atoms with Crippen molar-refractivity contribution in [3.8, 4) is 5.75 Å². The van der Waals surface area contributed by atoms with E-state index in [9.17, 15) is 0 Å².